The molecule has 5 nitrogen and oxygen atoms in total. The molecule has 3 heterocycles. The number of aryl methyl sites for hydroxylation is 1. The first-order chi connectivity index (χ1) is 12.9. The van der Waals surface area contributed by atoms with Crippen LogP contribution in [0.2, 0.25) is 0 Å². The van der Waals surface area contributed by atoms with E-state index in [1.54, 1.807) is 23.9 Å². The van der Waals surface area contributed by atoms with Crippen molar-refractivity contribution in [3.8, 4) is 5.95 Å². The Kier molecular flexibility index (Phi) is 4.31. The summed E-state index contributed by atoms with van der Waals surface area (Å²) in [5.74, 6) is 1.29. The van der Waals surface area contributed by atoms with E-state index in [9.17, 15) is 13.2 Å². The molecule has 0 bridgehead atoms. The van der Waals surface area contributed by atoms with Crippen molar-refractivity contribution in [1.29, 1.82) is 0 Å². The van der Waals surface area contributed by atoms with Crippen molar-refractivity contribution in [1.82, 2.24) is 19.5 Å². The number of aromatic nitrogens is 4. The molecule has 0 spiro atoms. The molecule has 0 aliphatic rings. The molecular weight excluding hydrogens is 375 g/mol. The maximum Gasteiger partial charge on any atom is 0.425 e. The van der Waals surface area contributed by atoms with E-state index < -0.39 is 11.1 Å². The summed E-state index contributed by atoms with van der Waals surface area (Å²) in [6.45, 7) is 2.21. The summed E-state index contributed by atoms with van der Waals surface area (Å²) in [7, 11) is 0. The maximum absolute atomic E-state index is 13.2. The summed E-state index contributed by atoms with van der Waals surface area (Å²) in [5.41, 5.74) is 0.996. The van der Waals surface area contributed by atoms with Crippen LogP contribution in [0.25, 0.3) is 16.2 Å². The lowest BCUT2D eigenvalue weighted by molar-refractivity contribution is -0.134. The van der Waals surface area contributed by atoms with E-state index in [0.29, 0.717) is 34.9 Å². The molecule has 0 saturated carbocycles. The number of nitrogens with one attached hydrogen (secondary N) is 1. The zero-order valence-electron chi connectivity index (χ0n) is 14.2. The Bertz CT molecular complexity index is 1090. The van der Waals surface area contributed by atoms with Gasteiger partial charge in [-0.2, -0.15) is 18.2 Å². The molecule has 0 saturated heterocycles. The number of nitrogens with zero attached hydrogens (tertiary/aromatic N) is 4. The summed E-state index contributed by atoms with van der Waals surface area (Å²) in [5, 5.41) is 3.50. The van der Waals surface area contributed by atoms with Crippen LogP contribution in [0.1, 0.15) is 16.3 Å². The lowest BCUT2D eigenvalue weighted by Crippen LogP contribution is -2.07. The van der Waals surface area contributed by atoms with Gasteiger partial charge in [-0.3, -0.25) is 4.57 Å². The molecular formula is C18H14F3N5S. The van der Waals surface area contributed by atoms with Gasteiger partial charge >= 0.3 is 6.18 Å². The van der Waals surface area contributed by atoms with Crippen LogP contribution in [0.4, 0.5) is 19.0 Å². The van der Waals surface area contributed by atoms with E-state index in [2.05, 4.69) is 20.3 Å². The Morgan fingerprint density at radius 1 is 1.15 bits per heavy atom. The van der Waals surface area contributed by atoms with Gasteiger partial charge in [0, 0.05) is 18.9 Å². The van der Waals surface area contributed by atoms with Crippen LogP contribution in [0.15, 0.2) is 48.8 Å². The molecule has 3 aromatic heterocycles. The standard InChI is InChI=1S/C18H14F3N5S/c1-11-22-7-8-26(11)17-24-15(23-10-12-5-3-2-4-6-12)13-9-14(18(19,20)21)27-16(13)25-17/h2-9H,10H2,1H3,(H,23,24,25). The quantitative estimate of drug-likeness (QED) is 0.544. The SMILES string of the molecule is Cc1nccn1-c1nc(NCc2ccccc2)c2cc(C(F)(F)F)sc2n1. The minimum Gasteiger partial charge on any atom is -0.365 e. The molecule has 9 heteroatoms. The van der Waals surface area contributed by atoms with Crippen molar-refractivity contribution >= 4 is 27.4 Å². The molecule has 0 radical (unpaired) electrons. The molecule has 0 fully saturated rings. The van der Waals surface area contributed by atoms with E-state index in [1.807, 2.05) is 30.3 Å². The van der Waals surface area contributed by atoms with E-state index in [4.69, 9.17) is 0 Å². The average molecular weight is 389 g/mol. The molecule has 27 heavy (non-hydrogen) atoms. The zero-order chi connectivity index (χ0) is 19.0. The highest BCUT2D eigenvalue weighted by atomic mass is 32.1. The first-order valence-corrected chi connectivity index (χ1v) is 8.90. The summed E-state index contributed by atoms with van der Waals surface area (Å²) >= 11 is 0.607. The normalized spacial score (nSPS) is 11.9. The second-order valence-corrected chi connectivity index (χ2v) is 6.91. The predicted octanol–water partition coefficient (Wildman–Crippen LogP) is 4.82. The largest absolute Gasteiger partial charge is 0.425 e. The Morgan fingerprint density at radius 3 is 2.59 bits per heavy atom. The van der Waals surface area contributed by atoms with Crippen LogP contribution in [-0.2, 0) is 12.7 Å². The Morgan fingerprint density at radius 2 is 1.93 bits per heavy atom. The topological polar surface area (TPSA) is 55.6 Å². The van der Waals surface area contributed by atoms with Crippen molar-refractivity contribution < 1.29 is 13.2 Å². The van der Waals surface area contributed by atoms with Crippen LogP contribution in [0.5, 0.6) is 0 Å². The number of hydrogen-bond donors (Lipinski definition) is 1. The van der Waals surface area contributed by atoms with Gasteiger partial charge in [0.2, 0.25) is 5.95 Å². The van der Waals surface area contributed by atoms with Crippen molar-refractivity contribution in [2.45, 2.75) is 19.6 Å². The summed E-state index contributed by atoms with van der Waals surface area (Å²) < 4.78 is 41.2. The number of benzene rings is 1. The van der Waals surface area contributed by atoms with Crippen LogP contribution < -0.4 is 5.32 Å². The molecule has 4 aromatic rings. The van der Waals surface area contributed by atoms with Gasteiger partial charge in [0.1, 0.15) is 21.3 Å². The molecule has 0 aliphatic heterocycles. The van der Waals surface area contributed by atoms with Gasteiger partial charge in [0.15, 0.2) is 0 Å². The second-order valence-electron chi connectivity index (χ2n) is 5.88. The minimum absolute atomic E-state index is 0.274. The number of alkyl halides is 3. The van der Waals surface area contributed by atoms with E-state index >= 15 is 0 Å². The summed E-state index contributed by atoms with van der Waals surface area (Å²) in [6.07, 6.45) is -1.15. The fraction of sp³-hybridized carbons (Fsp3) is 0.167. The number of fused-ring (bicyclic) bond motifs is 1. The third-order valence-electron chi connectivity index (χ3n) is 4.00. The van der Waals surface area contributed by atoms with Gasteiger partial charge in [0.05, 0.1) is 5.39 Å². The van der Waals surface area contributed by atoms with Crippen molar-refractivity contribution in [3.05, 3.63) is 65.1 Å². The van der Waals surface area contributed by atoms with Crippen molar-refractivity contribution in [2.75, 3.05) is 5.32 Å². The number of halogens is 3. The average Bonchev–Trinajstić information content (AvgIpc) is 3.26. The van der Waals surface area contributed by atoms with Crippen LogP contribution >= 0.6 is 11.3 Å². The maximum atomic E-state index is 13.2. The molecule has 0 amide bonds. The van der Waals surface area contributed by atoms with E-state index in [-0.39, 0.29) is 10.8 Å². The van der Waals surface area contributed by atoms with Crippen LogP contribution in [0.3, 0.4) is 0 Å². The molecule has 0 atom stereocenters. The molecule has 0 aliphatic carbocycles. The zero-order valence-corrected chi connectivity index (χ0v) is 15.0. The van der Waals surface area contributed by atoms with E-state index in [0.717, 1.165) is 11.6 Å². The van der Waals surface area contributed by atoms with Gasteiger partial charge in [-0.25, -0.2) is 9.97 Å². The number of anilines is 1. The smallest absolute Gasteiger partial charge is 0.365 e. The highest BCUT2D eigenvalue weighted by Gasteiger charge is 2.33. The first kappa shape index (κ1) is 17.5. The minimum atomic E-state index is -4.42. The van der Waals surface area contributed by atoms with Gasteiger partial charge in [-0.05, 0) is 18.6 Å². The highest BCUT2D eigenvalue weighted by molar-refractivity contribution is 7.18. The van der Waals surface area contributed by atoms with Gasteiger partial charge in [0.25, 0.3) is 0 Å². The number of hydrogen-bond acceptors (Lipinski definition) is 5. The Balaban J connectivity index is 1.80. The molecule has 1 N–H and O–H groups in total. The number of thiophene rings is 1. The Labute approximate surface area is 156 Å². The van der Waals surface area contributed by atoms with Gasteiger partial charge in [-0.15, -0.1) is 11.3 Å². The fourth-order valence-corrected chi connectivity index (χ4v) is 3.56. The molecule has 4 rings (SSSR count). The van der Waals surface area contributed by atoms with Gasteiger partial charge < -0.3 is 5.32 Å². The first-order valence-electron chi connectivity index (χ1n) is 8.09. The monoisotopic (exact) mass is 389 g/mol. The van der Waals surface area contributed by atoms with E-state index in [1.165, 1.54) is 0 Å². The van der Waals surface area contributed by atoms with Gasteiger partial charge in [-0.1, -0.05) is 30.3 Å². The third kappa shape index (κ3) is 3.50. The lowest BCUT2D eigenvalue weighted by atomic mass is 10.2. The lowest BCUT2D eigenvalue weighted by Gasteiger charge is -2.10. The molecule has 1 aromatic carbocycles. The Hall–Kier alpha value is -2.94. The third-order valence-corrected chi connectivity index (χ3v) is 5.08. The molecule has 138 valence electrons. The fourth-order valence-electron chi connectivity index (χ4n) is 2.66. The van der Waals surface area contributed by atoms with Crippen molar-refractivity contribution in [2.24, 2.45) is 0 Å². The predicted molar refractivity (Wildman–Crippen MR) is 98.0 cm³/mol. The number of rotatable bonds is 4. The van der Waals surface area contributed by atoms with Crippen molar-refractivity contribution in [3.63, 3.8) is 0 Å². The van der Waals surface area contributed by atoms with Crippen LogP contribution in [0, 0.1) is 6.92 Å². The number of imidazole rings is 1. The molecule has 0 unspecified atom stereocenters. The summed E-state index contributed by atoms with van der Waals surface area (Å²) in [4.78, 5) is 12.5. The second kappa shape index (κ2) is 6.66. The highest BCUT2D eigenvalue weighted by Crippen LogP contribution is 2.39. The van der Waals surface area contributed by atoms with Crippen LogP contribution in [-0.4, -0.2) is 19.5 Å². The summed E-state index contributed by atoms with van der Waals surface area (Å²) in [6, 6.07) is 10.7.